The van der Waals surface area contributed by atoms with Crippen molar-refractivity contribution in [2.75, 3.05) is 26.7 Å². The number of nitrogens with two attached hydrogens (primary N) is 1. The summed E-state index contributed by atoms with van der Waals surface area (Å²) in [6, 6.07) is 21.4. The molecule has 3 aromatic rings. The zero-order chi connectivity index (χ0) is 26.0. The van der Waals surface area contributed by atoms with E-state index in [0.717, 1.165) is 24.3 Å². The molecule has 194 valence electrons. The van der Waals surface area contributed by atoms with Crippen molar-refractivity contribution in [1.29, 1.82) is 0 Å². The zero-order valence-corrected chi connectivity index (χ0v) is 21.3. The minimum absolute atomic E-state index is 0.0954. The first-order valence-corrected chi connectivity index (χ1v) is 12.7. The summed E-state index contributed by atoms with van der Waals surface area (Å²) in [7, 11) is 1.67. The lowest BCUT2D eigenvalue weighted by atomic mass is 9.93. The molecule has 0 saturated carbocycles. The number of ether oxygens (including phenoxy) is 1. The van der Waals surface area contributed by atoms with Crippen LogP contribution < -0.4 is 15.8 Å². The minimum atomic E-state index is -0.596. The normalized spacial score (nSPS) is 17.4. The first-order chi connectivity index (χ1) is 18.1. The van der Waals surface area contributed by atoms with Gasteiger partial charge in [-0.15, -0.1) is 0 Å². The van der Waals surface area contributed by atoms with Crippen molar-refractivity contribution in [2.24, 2.45) is 5.73 Å². The lowest BCUT2D eigenvalue weighted by molar-refractivity contribution is -0.127. The van der Waals surface area contributed by atoms with E-state index in [4.69, 9.17) is 10.5 Å². The Kier molecular flexibility index (Phi) is 9.24. The predicted octanol–water partition coefficient (Wildman–Crippen LogP) is 2.84. The van der Waals surface area contributed by atoms with Gasteiger partial charge in [-0.2, -0.15) is 0 Å². The number of likely N-dealkylation sites (tertiary alicyclic amines) is 1. The van der Waals surface area contributed by atoms with E-state index < -0.39 is 6.04 Å². The van der Waals surface area contributed by atoms with Crippen LogP contribution in [0.1, 0.15) is 34.3 Å². The van der Waals surface area contributed by atoms with E-state index in [2.05, 4.69) is 33.4 Å². The molecular formula is C29H35N5O3. The number of hydrogen-bond donors (Lipinski definition) is 2. The number of amides is 2. The van der Waals surface area contributed by atoms with E-state index in [1.165, 1.54) is 5.56 Å². The SMILES string of the molecule is COc1cccc(CN(Cc2ccccc2)C2CCN(C(=O)c3cccnc3)[C@@H](C(=O)NCCN)C2)c1. The molecule has 2 aromatic carbocycles. The predicted molar refractivity (Wildman–Crippen MR) is 143 cm³/mol. The number of pyridine rings is 1. The molecule has 0 bridgehead atoms. The van der Waals surface area contributed by atoms with Crippen LogP contribution >= 0.6 is 0 Å². The number of methoxy groups -OCH3 is 1. The standard InChI is InChI=1S/C29H35N5O3/c1-37-26-11-5-9-23(17-26)21-33(20-22-7-3-2-4-8-22)25-12-16-34(27(18-25)28(35)32-15-13-30)29(36)24-10-6-14-31-19-24/h2-11,14,17,19,25,27H,12-13,15-16,18,20-21,30H2,1H3,(H,32,35)/t25?,27-/m1/s1. The Morgan fingerprint density at radius 1 is 1.08 bits per heavy atom. The maximum Gasteiger partial charge on any atom is 0.256 e. The van der Waals surface area contributed by atoms with Crippen LogP contribution in [-0.4, -0.2) is 65.4 Å². The van der Waals surface area contributed by atoms with Crippen molar-refractivity contribution in [2.45, 2.75) is 38.0 Å². The van der Waals surface area contributed by atoms with Crippen LogP contribution in [0.4, 0.5) is 0 Å². The Morgan fingerprint density at radius 2 is 1.86 bits per heavy atom. The van der Waals surface area contributed by atoms with Gasteiger partial charge in [-0.05, 0) is 48.2 Å². The van der Waals surface area contributed by atoms with Gasteiger partial charge in [0.25, 0.3) is 5.91 Å². The molecule has 2 atom stereocenters. The molecule has 8 heteroatoms. The summed E-state index contributed by atoms with van der Waals surface area (Å²) in [5, 5.41) is 2.90. The first kappa shape index (κ1) is 26.3. The fraction of sp³-hybridized carbons (Fsp3) is 0.345. The van der Waals surface area contributed by atoms with Crippen molar-refractivity contribution in [1.82, 2.24) is 20.1 Å². The molecule has 2 amide bonds. The highest BCUT2D eigenvalue weighted by Gasteiger charge is 2.38. The monoisotopic (exact) mass is 501 g/mol. The van der Waals surface area contributed by atoms with Gasteiger partial charge in [0.1, 0.15) is 11.8 Å². The van der Waals surface area contributed by atoms with Crippen molar-refractivity contribution in [3.63, 3.8) is 0 Å². The Labute approximate surface area is 218 Å². The van der Waals surface area contributed by atoms with Crippen LogP contribution in [0.5, 0.6) is 5.75 Å². The molecule has 1 unspecified atom stereocenters. The van der Waals surface area contributed by atoms with Crippen molar-refractivity contribution in [3.8, 4) is 5.75 Å². The minimum Gasteiger partial charge on any atom is -0.497 e. The summed E-state index contributed by atoms with van der Waals surface area (Å²) in [6.07, 6.45) is 4.46. The third-order valence-corrected chi connectivity index (χ3v) is 6.76. The molecule has 0 radical (unpaired) electrons. The molecule has 8 nitrogen and oxygen atoms in total. The summed E-state index contributed by atoms with van der Waals surface area (Å²) in [6.45, 7) is 2.62. The third-order valence-electron chi connectivity index (χ3n) is 6.76. The van der Waals surface area contributed by atoms with Gasteiger partial charge in [0.15, 0.2) is 0 Å². The lowest BCUT2D eigenvalue weighted by Gasteiger charge is -2.43. The Morgan fingerprint density at radius 3 is 2.59 bits per heavy atom. The molecular weight excluding hydrogens is 466 g/mol. The van der Waals surface area contributed by atoms with E-state index in [1.807, 2.05) is 36.4 Å². The fourth-order valence-corrected chi connectivity index (χ4v) is 4.88. The molecule has 1 aromatic heterocycles. The van der Waals surface area contributed by atoms with Gasteiger partial charge in [0, 0.05) is 51.2 Å². The number of aromatic nitrogens is 1. The number of hydrogen-bond acceptors (Lipinski definition) is 6. The second-order valence-electron chi connectivity index (χ2n) is 9.26. The van der Waals surface area contributed by atoms with Gasteiger partial charge in [-0.1, -0.05) is 42.5 Å². The van der Waals surface area contributed by atoms with Crippen LogP contribution in [0.3, 0.4) is 0 Å². The molecule has 1 aliphatic heterocycles. The molecule has 37 heavy (non-hydrogen) atoms. The Balaban J connectivity index is 1.59. The highest BCUT2D eigenvalue weighted by Crippen LogP contribution is 2.27. The molecule has 0 aliphatic carbocycles. The molecule has 2 heterocycles. The summed E-state index contributed by atoms with van der Waals surface area (Å²) in [5.74, 6) is 0.461. The molecule has 1 aliphatic rings. The van der Waals surface area contributed by atoms with Gasteiger partial charge in [-0.25, -0.2) is 0 Å². The Bertz CT molecular complexity index is 1160. The number of benzene rings is 2. The van der Waals surface area contributed by atoms with E-state index in [9.17, 15) is 9.59 Å². The summed E-state index contributed by atoms with van der Waals surface area (Å²) >= 11 is 0. The molecule has 0 spiro atoms. The van der Waals surface area contributed by atoms with E-state index >= 15 is 0 Å². The van der Waals surface area contributed by atoms with Crippen LogP contribution in [0.25, 0.3) is 0 Å². The molecule has 4 rings (SSSR count). The Hall–Kier alpha value is -3.75. The van der Waals surface area contributed by atoms with Gasteiger partial charge < -0.3 is 20.7 Å². The molecule has 3 N–H and O–H groups in total. The quantitative estimate of drug-likeness (QED) is 0.443. The van der Waals surface area contributed by atoms with Gasteiger partial charge in [0.2, 0.25) is 5.91 Å². The van der Waals surface area contributed by atoms with Crippen LogP contribution in [0.15, 0.2) is 79.1 Å². The third kappa shape index (κ3) is 6.93. The lowest BCUT2D eigenvalue weighted by Crippen LogP contribution is -2.57. The molecule has 1 fully saturated rings. The number of rotatable bonds is 10. The summed E-state index contributed by atoms with van der Waals surface area (Å²) in [4.78, 5) is 34.8. The number of carbonyl (C=O) groups excluding carboxylic acids is 2. The van der Waals surface area contributed by atoms with Crippen LogP contribution in [-0.2, 0) is 17.9 Å². The van der Waals surface area contributed by atoms with Gasteiger partial charge in [0.05, 0.1) is 12.7 Å². The average molecular weight is 502 g/mol. The van der Waals surface area contributed by atoms with E-state index in [1.54, 1.807) is 36.5 Å². The number of nitrogens with zero attached hydrogens (tertiary/aromatic N) is 3. The fourth-order valence-electron chi connectivity index (χ4n) is 4.88. The maximum atomic E-state index is 13.4. The van der Waals surface area contributed by atoms with Crippen molar-refractivity contribution >= 4 is 11.8 Å². The van der Waals surface area contributed by atoms with Crippen LogP contribution in [0.2, 0.25) is 0 Å². The van der Waals surface area contributed by atoms with Gasteiger partial charge >= 0.3 is 0 Å². The second-order valence-corrected chi connectivity index (χ2v) is 9.26. The highest BCUT2D eigenvalue weighted by molar-refractivity contribution is 5.97. The number of piperidine rings is 1. The van der Waals surface area contributed by atoms with E-state index in [0.29, 0.717) is 38.2 Å². The number of nitrogens with one attached hydrogen (secondary N) is 1. The van der Waals surface area contributed by atoms with Crippen molar-refractivity contribution < 1.29 is 14.3 Å². The average Bonchev–Trinajstić information content (AvgIpc) is 2.96. The smallest absolute Gasteiger partial charge is 0.256 e. The molecule has 1 saturated heterocycles. The second kappa shape index (κ2) is 13.0. The highest BCUT2D eigenvalue weighted by atomic mass is 16.5. The summed E-state index contributed by atoms with van der Waals surface area (Å²) < 4.78 is 5.44. The first-order valence-electron chi connectivity index (χ1n) is 12.7. The van der Waals surface area contributed by atoms with Crippen LogP contribution in [0, 0.1) is 0 Å². The van der Waals surface area contributed by atoms with E-state index in [-0.39, 0.29) is 17.9 Å². The van der Waals surface area contributed by atoms with Gasteiger partial charge in [-0.3, -0.25) is 19.5 Å². The summed E-state index contributed by atoms with van der Waals surface area (Å²) in [5.41, 5.74) is 8.45. The van der Waals surface area contributed by atoms with Crippen molar-refractivity contribution in [3.05, 3.63) is 95.8 Å². The largest absolute Gasteiger partial charge is 0.497 e. The topological polar surface area (TPSA) is 101 Å². The maximum absolute atomic E-state index is 13.4. The zero-order valence-electron chi connectivity index (χ0n) is 21.3. The number of carbonyl (C=O) groups is 2.